The highest BCUT2D eigenvalue weighted by Gasteiger charge is 2.11. The number of likely N-dealkylation sites (N-methyl/N-ethyl adjacent to an activating group) is 1. The lowest BCUT2D eigenvalue weighted by atomic mass is 10.2. The number of nitrogens with zero attached hydrogens (tertiary/aromatic N) is 1. The van der Waals surface area contributed by atoms with Crippen molar-refractivity contribution in [3.63, 3.8) is 0 Å². The van der Waals surface area contributed by atoms with Crippen molar-refractivity contribution >= 4 is 29.3 Å². The van der Waals surface area contributed by atoms with Crippen LogP contribution >= 0.6 is 11.8 Å². The summed E-state index contributed by atoms with van der Waals surface area (Å²) in [4.78, 5) is 27.9. The molecule has 0 atom stereocenters. The Labute approximate surface area is 171 Å². The number of nitrogens with one attached hydrogen (secondary N) is 2. The summed E-state index contributed by atoms with van der Waals surface area (Å²) in [7, 11) is 1.76. The van der Waals surface area contributed by atoms with Gasteiger partial charge in [-0.15, -0.1) is 0 Å². The van der Waals surface area contributed by atoms with Crippen molar-refractivity contribution in [1.82, 2.24) is 10.2 Å². The Bertz CT molecular complexity index is 806. The Morgan fingerprint density at radius 2 is 1.68 bits per heavy atom. The van der Waals surface area contributed by atoms with E-state index in [1.807, 2.05) is 31.2 Å². The number of anilines is 1. The largest absolute Gasteiger partial charge is 0.355 e. The maximum atomic E-state index is 12.2. The van der Waals surface area contributed by atoms with Crippen molar-refractivity contribution < 1.29 is 9.59 Å². The lowest BCUT2D eigenvalue weighted by Gasteiger charge is -2.16. The molecule has 0 bridgehead atoms. The van der Waals surface area contributed by atoms with Gasteiger partial charge in [0.05, 0.1) is 13.1 Å². The van der Waals surface area contributed by atoms with Gasteiger partial charge >= 0.3 is 0 Å². The van der Waals surface area contributed by atoms with Gasteiger partial charge < -0.3 is 10.6 Å². The summed E-state index contributed by atoms with van der Waals surface area (Å²) in [6.07, 6.45) is 0.896. The first-order valence-electron chi connectivity index (χ1n) is 9.47. The van der Waals surface area contributed by atoms with E-state index >= 15 is 0 Å². The molecule has 0 saturated heterocycles. The van der Waals surface area contributed by atoms with Gasteiger partial charge in [-0.3, -0.25) is 14.5 Å². The van der Waals surface area contributed by atoms with E-state index in [2.05, 4.69) is 42.7 Å². The van der Waals surface area contributed by atoms with Crippen LogP contribution in [-0.2, 0) is 9.59 Å². The first-order valence-corrected chi connectivity index (χ1v) is 10.3. The van der Waals surface area contributed by atoms with Gasteiger partial charge in [-0.05, 0) is 68.8 Å². The summed E-state index contributed by atoms with van der Waals surface area (Å²) in [6.45, 7) is 7.23. The maximum Gasteiger partial charge on any atom is 0.238 e. The molecular formula is C22H29N3O2S. The van der Waals surface area contributed by atoms with Crippen LogP contribution in [-0.4, -0.2) is 43.4 Å². The first kappa shape index (κ1) is 22.0. The Morgan fingerprint density at radius 1 is 1.00 bits per heavy atom. The van der Waals surface area contributed by atoms with Crippen LogP contribution in [0.1, 0.15) is 24.5 Å². The monoisotopic (exact) mass is 399 g/mol. The molecule has 0 heterocycles. The van der Waals surface area contributed by atoms with Crippen LogP contribution in [0.15, 0.2) is 52.3 Å². The molecule has 0 aliphatic carbocycles. The summed E-state index contributed by atoms with van der Waals surface area (Å²) in [5, 5.41) is 5.68. The fourth-order valence-corrected chi connectivity index (χ4v) is 3.62. The Kier molecular flexibility index (Phi) is 8.54. The highest BCUT2D eigenvalue weighted by molar-refractivity contribution is 7.99. The highest BCUT2D eigenvalue weighted by Crippen LogP contribution is 2.31. The van der Waals surface area contributed by atoms with Crippen LogP contribution in [0.25, 0.3) is 0 Å². The Morgan fingerprint density at radius 3 is 2.36 bits per heavy atom. The quantitative estimate of drug-likeness (QED) is 0.672. The lowest BCUT2D eigenvalue weighted by molar-refractivity contribution is -0.122. The molecule has 5 nitrogen and oxygen atoms in total. The molecule has 0 spiro atoms. The minimum atomic E-state index is -0.138. The number of hydrogen-bond acceptors (Lipinski definition) is 4. The third-order valence-corrected chi connectivity index (χ3v) is 5.28. The topological polar surface area (TPSA) is 61.4 Å². The van der Waals surface area contributed by atoms with Crippen molar-refractivity contribution in [3.8, 4) is 0 Å². The fraction of sp³-hybridized carbons (Fsp3) is 0.364. The van der Waals surface area contributed by atoms with E-state index in [4.69, 9.17) is 0 Å². The minimum Gasteiger partial charge on any atom is -0.355 e. The average molecular weight is 400 g/mol. The second kappa shape index (κ2) is 10.9. The predicted octanol–water partition coefficient (Wildman–Crippen LogP) is 3.85. The van der Waals surface area contributed by atoms with Crippen molar-refractivity contribution in [3.05, 3.63) is 53.6 Å². The number of amides is 2. The summed E-state index contributed by atoms with van der Waals surface area (Å²) < 4.78 is 0. The summed E-state index contributed by atoms with van der Waals surface area (Å²) >= 11 is 1.71. The molecule has 0 radical (unpaired) electrons. The van der Waals surface area contributed by atoms with Gasteiger partial charge in [0, 0.05) is 22.0 Å². The zero-order valence-electron chi connectivity index (χ0n) is 17.0. The third kappa shape index (κ3) is 7.37. The van der Waals surface area contributed by atoms with Crippen LogP contribution in [0.5, 0.6) is 0 Å². The standard InChI is InChI=1S/C22H29N3O2S/c1-5-12-23-21(26)14-25(4)15-22(27)24-18-8-10-19(11-9-18)28-20-13-16(2)6-7-17(20)3/h6-11,13H,5,12,14-15H2,1-4H3,(H,23,26)(H,24,27). The Hall–Kier alpha value is -2.31. The SMILES string of the molecule is CCCNC(=O)CN(C)CC(=O)Nc1ccc(Sc2cc(C)ccc2C)cc1. The molecular weight excluding hydrogens is 370 g/mol. The molecule has 2 rings (SSSR count). The van der Waals surface area contributed by atoms with Crippen molar-refractivity contribution in [2.24, 2.45) is 0 Å². The minimum absolute atomic E-state index is 0.0648. The molecule has 6 heteroatoms. The van der Waals surface area contributed by atoms with Crippen molar-refractivity contribution in [2.75, 3.05) is 32.0 Å². The van der Waals surface area contributed by atoms with Crippen LogP contribution in [0.3, 0.4) is 0 Å². The van der Waals surface area contributed by atoms with E-state index in [9.17, 15) is 9.59 Å². The number of hydrogen-bond donors (Lipinski definition) is 2. The predicted molar refractivity (Wildman–Crippen MR) is 116 cm³/mol. The van der Waals surface area contributed by atoms with Crippen LogP contribution < -0.4 is 10.6 Å². The molecule has 2 aromatic rings. The summed E-state index contributed by atoms with van der Waals surface area (Å²) in [5.74, 6) is -0.203. The van der Waals surface area contributed by atoms with E-state index in [-0.39, 0.29) is 24.9 Å². The molecule has 0 unspecified atom stereocenters. The van der Waals surface area contributed by atoms with Crippen LogP contribution in [0.2, 0.25) is 0 Å². The second-order valence-electron chi connectivity index (χ2n) is 6.97. The molecule has 0 aliphatic heterocycles. The van der Waals surface area contributed by atoms with Crippen molar-refractivity contribution in [2.45, 2.75) is 37.0 Å². The van der Waals surface area contributed by atoms with Gasteiger partial charge in [0.15, 0.2) is 0 Å². The zero-order valence-corrected chi connectivity index (χ0v) is 17.9. The molecule has 0 saturated carbocycles. The third-order valence-electron chi connectivity index (χ3n) is 4.11. The first-order chi connectivity index (χ1) is 13.4. The number of aryl methyl sites for hydroxylation is 2. The summed E-state index contributed by atoms with van der Waals surface area (Å²) in [6, 6.07) is 14.2. The molecule has 2 N–H and O–H groups in total. The van der Waals surface area contributed by atoms with E-state index < -0.39 is 0 Å². The number of carbonyl (C=O) groups is 2. The molecule has 150 valence electrons. The lowest BCUT2D eigenvalue weighted by Crippen LogP contribution is -2.39. The van der Waals surface area contributed by atoms with Gasteiger partial charge in [0.1, 0.15) is 0 Å². The smallest absolute Gasteiger partial charge is 0.238 e. The number of rotatable bonds is 9. The van der Waals surface area contributed by atoms with Gasteiger partial charge in [-0.2, -0.15) is 0 Å². The second-order valence-corrected chi connectivity index (χ2v) is 8.08. The van der Waals surface area contributed by atoms with E-state index in [1.54, 1.807) is 23.7 Å². The molecule has 2 aromatic carbocycles. The highest BCUT2D eigenvalue weighted by atomic mass is 32.2. The van der Waals surface area contributed by atoms with Gasteiger partial charge in [-0.1, -0.05) is 30.8 Å². The van der Waals surface area contributed by atoms with Crippen molar-refractivity contribution in [1.29, 1.82) is 0 Å². The Balaban J connectivity index is 1.85. The van der Waals surface area contributed by atoms with Crippen LogP contribution in [0, 0.1) is 13.8 Å². The fourth-order valence-electron chi connectivity index (χ4n) is 2.62. The number of benzene rings is 2. The van der Waals surface area contributed by atoms with E-state index in [1.165, 1.54) is 16.0 Å². The van der Waals surface area contributed by atoms with Gasteiger partial charge in [0.25, 0.3) is 0 Å². The molecule has 28 heavy (non-hydrogen) atoms. The normalized spacial score (nSPS) is 10.8. The van der Waals surface area contributed by atoms with E-state index in [0.29, 0.717) is 6.54 Å². The number of carbonyl (C=O) groups excluding carboxylic acids is 2. The van der Waals surface area contributed by atoms with Gasteiger partial charge in [-0.25, -0.2) is 0 Å². The zero-order chi connectivity index (χ0) is 20.5. The maximum absolute atomic E-state index is 12.2. The van der Waals surface area contributed by atoms with E-state index in [0.717, 1.165) is 17.0 Å². The van der Waals surface area contributed by atoms with Gasteiger partial charge in [0.2, 0.25) is 11.8 Å². The molecule has 0 fully saturated rings. The molecule has 2 amide bonds. The van der Waals surface area contributed by atoms with Crippen LogP contribution in [0.4, 0.5) is 5.69 Å². The average Bonchev–Trinajstić information content (AvgIpc) is 2.64. The molecule has 0 aromatic heterocycles. The summed E-state index contributed by atoms with van der Waals surface area (Å²) in [5.41, 5.74) is 3.24. The molecule has 0 aliphatic rings.